The molecule has 0 fully saturated rings. The van der Waals surface area contributed by atoms with Gasteiger partial charge in [-0.05, 0) is 18.1 Å². The van der Waals surface area contributed by atoms with E-state index in [1.165, 1.54) is 7.11 Å². The number of ketones is 1. The predicted octanol–water partition coefficient (Wildman–Crippen LogP) is 1.63. The summed E-state index contributed by atoms with van der Waals surface area (Å²) in [4.78, 5) is 34.3. The minimum Gasteiger partial charge on any atom is -0.469 e. The van der Waals surface area contributed by atoms with Gasteiger partial charge in [-0.2, -0.15) is 0 Å². The third-order valence-corrected chi connectivity index (χ3v) is 3.19. The smallest absolute Gasteiger partial charge is 0.313 e. The van der Waals surface area contributed by atoms with Gasteiger partial charge in [0.15, 0.2) is 0 Å². The number of anilines is 1. The van der Waals surface area contributed by atoms with Crippen molar-refractivity contribution in [2.24, 2.45) is 0 Å². The fourth-order valence-electron chi connectivity index (χ4n) is 2.19. The summed E-state index contributed by atoms with van der Waals surface area (Å²) in [7, 11) is 1.25. The number of benzene rings is 1. The molecule has 0 spiro atoms. The van der Waals surface area contributed by atoms with E-state index in [9.17, 15) is 14.4 Å². The topological polar surface area (TPSA) is 72.5 Å². The highest BCUT2D eigenvalue weighted by molar-refractivity contribution is 6.03. The number of nitrogens with one attached hydrogen (secondary N) is 1. The molecule has 19 heavy (non-hydrogen) atoms. The van der Waals surface area contributed by atoms with E-state index in [-0.39, 0.29) is 30.4 Å². The Balaban J connectivity index is 1.95. The number of fused-ring (bicyclic) bond motifs is 1. The zero-order chi connectivity index (χ0) is 13.8. The first-order valence-electron chi connectivity index (χ1n) is 6.10. The van der Waals surface area contributed by atoms with Crippen molar-refractivity contribution < 1.29 is 19.1 Å². The van der Waals surface area contributed by atoms with Crippen LogP contribution >= 0.6 is 0 Å². The summed E-state index contributed by atoms with van der Waals surface area (Å²) in [6.45, 7) is 0. The van der Waals surface area contributed by atoms with Gasteiger partial charge in [0.05, 0.1) is 13.0 Å². The van der Waals surface area contributed by atoms with E-state index in [0.717, 1.165) is 11.3 Å². The Bertz CT molecular complexity index is 524. The van der Waals surface area contributed by atoms with Gasteiger partial charge in [0.25, 0.3) is 0 Å². The molecular weight excluding hydrogens is 246 g/mol. The summed E-state index contributed by atoms with van der Waals surface area (Å²) in [5.41, 5.74) is 1.72. The standard InChI is InChI=1S/C14H15NO4/c1-19-13(17)8-9(16)6-7-11-10-4-2-3-5-12(10)15-14(11)18/h2-5,11H,6-8H2,1H3,(H,15,18)/t11-/m1/s1. The van der Waals surface area contributed by atoms with Crippen LogP contribution in [0.2, 0.25) is 0 Å². The molecule has 1 aliphatic heterocycles. The zero-order valence-electron chi connectivity index (χ0n) is 10.6. The molecule has 1 atom stereocenters. The Morgan fingerprint density at radius 2 is 2.05 bits per heavy atom. The first kappa shape index (κ1) is 13.3. The number of hydrogen-bond donors (Lipinski definition) is 1. The van der Waals surface area contributed by atoms with Crippen molar-refractivity contribution in [3.8, 4) is 0 Å². The molecular formula is C14H15NO4. The number of methoxy groups -OCH3 is 1. The zero-order valence-corrected chi connectivity index (χ0v) is 10.6. The summed E-state index contributed by atoms with van der Waals surface area (Å²) < 4.78 is 4.43. The normalized spacial score (nSPS) is 16.7. The Hall–Kier alpha value is -2.17. The lowest BCUT2D eigenvalue weighted by molar-refractivity contribution is -0.143. The Morgan fingerprint density at radius 3 is 2.79 bits per heavy atom. The quantitative estimate of drug-likeness (QED) is 0.646. The van der Waals surface area contributed by atoms with E-state index in [0.29, 0.717) is 6.42 Å². The first-order chi connectivity index (χ1) is 9.11. The summed E-state index contributed by atoms with van der Waals surface area (Å²) >= 11 is 0. The average molecular weight is 261 g/mol. The maximum Gasteiger partial charge on any atom is 0.313 e. The largest absolute Gasteiger partial charge is 0.469 e. The van der Waals surface area contributed by atoms with E-state index in [1.54, 1.807) is 0 Å². The third-order valence-electron chi connectivity index (χ3n) is 3.19. The molecule has 1 heterocycles. The van der Waals surface area contributed by atoms with Crippen molar-refractivity contribution in [3.63, 3.8) is 0 Å². The number of Topliss-reactive ketones (excluding diaryl/α,β-unsaturated/α-hetero) is 1. The van der Waals surface area contributed by atoms with Crippen molar-refractivity contribution in [2.45, 2.75) is 25.2 Å². The lowest BCUT2D eigenvalue weighted by Gasteiger charge is -2.07. The average Bonchev–Trinajstić information content (AvgIpc) is 2.71. The van der Waals surface area contributed by atoms with Gasteiger partial charge >= 0.3 is 5.97 Å². The van der Waals surface area contributed by atoms with Gasteiger partial charge in [0.2, 0.25) is 5.91 Å². The monoisotopic (exact) mass is 261 g/mol. The highest BCUT2D eigenvalue weighted by Crippen LogP contribution is 2.35. The number of ether oxygens (including phenoxy) is 1. The molecule has 2 rings (SSSR count). The van der Waals surface area contributed by atoms with Crippen LogP contribution in [-0.4, -0.2) is 24.8 Å². The van der Waals surface area contributed by atoms with Crippen molar-refractivity contribution in [2.75, 3.05) is 12.4 Å². The molecule has 0 saturated heterocycles. The van der Waals surface area contributed by atoms with Gasteiger partial charge in [0, 0.05) is 12.1 Å². The lowest BCUT2D eigenvalue weighted by atomic mass is 9.94. The van der Waals surface area contributed by atoms with Gasteiger partial charge in [-0.1, -0.05) is 18.2 Å². The summed E-state index contributed by atoms with van der Waals surface area (Å²) in [5.74, 6) is -1.14. The second kappa shape index (κ2) is 5.65. The molecule has 0 saturated carbocycles. The highest BCUT2D eigenvalue weighted by atomic mass is 16.5. The number of carbonyl (C=O) groups excluding carboxylic acids is 3. The molecule has 0 aliphatic carbocycles. The highest BCUT2D eigenvalue weighted by Gasteiger charge is 2.30. The molecule has 1 aromatic carbocycles. The fourth-order valence-corrected chi connectivity index (χ4v) is 2.19. The van der Waals surface area contributed by atoms with Crippen molar-refractivity contribution in [3.05, 3.63) is 29.8 Å². The number of para-hydroxylation sites is 1. The maximum absolute atomic E-state index is 11.8. The van der Waals surface area contributed by atoms with Gasteiger partial charge in [-0.3, -0.25) is 14.4 Å². The van der Waals surface area contributed by atoms with Gasteiger partial charge in [0.1, 0.15) is 12.2 Å². The maximum atomic E-state index is 11.8. The van der Waals surface area contributed by atoms with Gasteiger partial charge in [-0.25, -0.2) is 0 Å². The predicted molar refractivity (Wildman–Crippen MR) is 68.7 cm³/mol. The SMILES string of the molecule is COC(=O)CC(=O)CC[C@H]1C(=O)Nc2ccccc21. The lowest BCUT2D eigenvalue weighted by Crippen LogP contribution is -2.15. The number of hydrogen-bond acceptors (Lipinski definition) is 4. The van der Waals surface area contributed by atoms with Crippen LogP contribution in [0.15, 0.2) is 24.3 Å². The number of rotatable bonds is 5. The van der Waals surface area contributed by atoms with Crippen molar-refractivity contribution in [1.82, 2.24) is 0 Å². The van der Waals surface area contributed by atoms with Crippen LogP contribution in [0.3, 0.4) is 0 Å². The summed E-state index contributed by atoms with van der Waals surface area (Å²) in [6.07, 6.45) is 0.382. The second-order valence-corrected chi connectivity index (χ2v) is 4.46. The molecule has 1 aromatic rings. The van der Waals surface area contributed by atoms with Crippen molar-refractivity contribution in [1.29, 1.82) is 0 Å². The van der Waals surface area contributed by atoms with Crippen LogP contribution < -0.4 is 5.32 Å². The van der Waals surface area contributed by atoms with E-state index >= 15 is 0 Å². The Morgan fingerprint density at radius 1 is 1.32 bits per heavy atom. The summed E-state index contributed by atoms with van der Waals surface area (Å²) in [5, 5.41) is 2.78. The minimum atomic E-state index is -0.540. The van der Waals surface area contributed by atoms with E-state index < -0.39 is 5.97 Å². The summed E-state index contributed by atoms with van der Waals surface area (Å²) in [6, 6.07) is 7.43. The Kier molecular flexibility index (Phi) is 3.94. The Labute approximate surface area is 110 Å². The van der Waals surface area contributed by atoms with Crippen LogP contribution in [-0.2, 0) is 19.1 Å². The van der Waals surface area contributed by atoms with Gasteiger partial charge in [-0.15, -0.1) is 0 Å². The van der Waals surface area contributed by atoms with Crippen LogP contribution in [0.5, 0.6) is 0 Å². The van der Waals surface area contributed by atoms with E-state index in [4.69, 9.17) is 0 Å². The third kappa shape index (κ3) is 2.99. The molecule has 0 unspecified atom stereocenters. The molecule has 0 radical (unpaired) electrons. The van der Waals surface area contributed by atoms with Crippen molar-refractivity contribution >= 4 is 23.3 Å². The van der Waals surface area contributed by atoms with Crippen LogP contribution in [0, 0.1) is 0 Å². The molecule has 1 aliphatic rings. The van der Waals surface area contributed by atoms with Crippen LogP contribution in [0.1, 0.15) is 30.7 Å². The molecule has 100 valence electrons. The number of esters is 1. The molecule has 5 heteroatoms. The fraction of sp³-hybridized carbons (Fsp3) is 0.357. The second-order valence-electron chi connectivity index (χ2n) is 4.46. The molecule has 0 bridgehead atoms. The number of carbonyl (C=O) groups is 3. The molecule has 0 aromatic heterocycles. The van der Waals surface area contributed by atoms with Crippen LogP contribution in [0.25, 0.3) is 0 Å². The molecule has 5 nitrogen and oxygen atoms in total. The first-order valence-corrected chi connectivity index (χ1v) is 6.10. The minimum absolute atomic E-state index is 0.0907. The van der Waals surface area contributed by atoms with E-state index in [2.05, 4.69) is 10.1 Å². The van der Waals surface area contributed by atoms with E-state index in [1.807, 2.05) is 24.3 Å². The number of amides is 1. The van der Waals surface area contributed by atoms with Gasteiger partial charge < -0.3 is 10.1 Å². The molecule has 1 N–H and O–H groups in total. The molecule has 1 amide bonds. The van der Waals surface area contributed by atoms with Crippen LogP contribution in [0.4, 0.5) is 5.69 Å².